The lowest BCUT2D eigenvalue weighted by Crippen LogP contribution is -2.02. The molecule has 3 heterocycles. The van der Waals surface area contributed by atoms with Crippen LogP contribution in [0, 0.1) is 0 Å². The van der Waals surface area contributed by atoms with E-state index in [1.165, 1.54) is 11.0 Å². The SMILES string of the molecule is COc1cnc(-n2cnc([C@H](C)O)n2)c2[nH]ccc12. The van der Waals surface area contributed by atoms with Crippen molar-refractivity contribution in [3.63, 3.8) is 0 Å². The predicted octanol–water partition coefficient (Wildman–Crippen LogP) is 1.21. The number of aliphatic hydroxyl groups excluding tert-OH is 1. The number of aromatic nitrogens is 5. The molecule has 0 fully saturated rings. The van der Waals surface area contributed by atoms with Gasteiger partial charge in [-0.05, 0) is 13.0 Å². The van der Waals surface area contributed by atoms with Crippen molar-refractivity contribution in [3.8, 4) is 11.6 Å². The first-order valence-corrected chi connectivity index (χ1v) is 5.80. The smallest absolute Gasteiger partial charge is 0.179 e. The van der Waals surface area contributed by atoms with Gasteiger partial charge in [0, 0.05) is 11.6 Å². The van der Waals surface area contributed by atoms with E-state index in [9.17, 15) is 5.11 Å². The minimum absolute atomic E-state index is 0.359. The third-order valence-corrected chi connectivity index (χ3v) is 2.86. The molecule has 0 radical (unpaired) electrons. The summed E-state index contributed by atoms with van der Waals surface area (Å²) in [6, 6.07) is 1.91. The van der Waals surface area contributed by atoms with Gasteiger partial charge in [0.2, 0.25) is 0 Å². The van der Waals surface area contributed by atoms with E-state index in [-0.39, 0.29) is 0 Å². The summed E-state index contributed by atoms with van der Waals surface area (Å²) in [5.41, 5.74) is 0.807. The number of aromatic amines is 1. The Balaban J connectivity index is 2.16. The highest BCUT2D eigenvalue weighted by Crippen LogP contribution is 2.27. The summed E-state index contributed by atoms with van der Waals surface area (Å²) in [4.78, 5) is 11.5. The summed E-state index contributed by atoms with van der Waals surface area (Å²) in [7, 11) is 1.60. The molecular formula is C12H13N5O2. The Morgan fingerprint density at radius 3 is 2.95 bits per heavy atom. The second-order valence-electron chi connectivity index (χ2n) is 4.14. The molecule has 0 aliphatic carbocycles. The number of aliphatic hydroxyl groups is 1. The molecule has 19 heavy (non-hydrogen) atoms. The van der Waals surface area contributed by atoms with Crippen LogP contribution in [0.5, 0.6) is 5.75 Å². The first kappa shape index (κ1) is 11.7. The Morgan fingerprint density at radius 1 is 1.42 bits per heavy atom. The quantitative estimate of drug-likeness (QED) is 0.738. The standard InChI is InChI=1S/C12H13N5O2/c1-7(18)11-15-6-17(16-11)12-10-8(3-4-13-10)9(19-2)5-14-12/h3-7,13,18H,1-2H3/t7-/m0/s1. The third kappa shape index (κ3) is 1.84. The normalized spacial score (nSPS) is 12.8. The molecule has 0 saturated carbocycles. The summed E-state index contributed by atoms with van der Waals surface area (Å²) in [5.74, 6) is 1.66. The summed E-state index contributed by atoms with van der Waals surface area (Å²) < 4.78 is 6.78. The van der Waals surface area contributed by atoms with Crippen molar-refractivity contribution in [1.29, 1.82) is 0 Å². The van der Waals surface area contributed by atoms with Gasteiger partial charge in [0.1, 0.15) is 18.2 Å². The number of rotatable bonds is 3. The van der Waals surface area contributed by atoms with E-state index in [1.807, 2.05) is 12.3 Å². The molecule has 7 heteroatoms. The highest BCUT2D eigenvalue weighted by atomic mass is 16.5. The molecule has 0 amide bonds. The van der Waals surface area contributed by atoms with Gasteiger partial charge >= 0.3 is 0 Å². The van der Waals surface area contributed by atoms with Crippen LogP contribution < -0.4 is 4.74 Å². The van der Waals surface area contributed by atoms with Crippen LogP contribution in [0.3, 0.4) is 0 Å². The molecule has 3 rings (SSSR count). The van der Waals surface area contributed by atoms with Crippen molar-refractivity contribution in [1.82, 2.24) is 24.7 Å². The number of methoxy groups -OCH3 is 1. The molecule has 0 bridgehead atoms. The number of fused-ring (bicyclic) bond motifs is 1. The fraction of sp³-hybridized carbons (Fsp3) is 0.250. The van der Waals surface area contributed by atoms with E-state index in [0.717, 1.165) is 10.9 Å². The summed E-state index contributed by atoms with van der Waals surface area (Å²) in [6.07, 6.45) is 4.26. The van der Waals surface area contributed by atoms with Gasteiger partial charge in [0.15, 0.2) is 11.6 Å². The van der Waals surface area contributed by atoms with Crippen molar-refractivity contribution < 1.29 is 9.84 Å². The van der Waals surface area contributed by atoms with E-state index in [0.29, 0.717) is 17.4 Å². The Bertz CT molecular complexity index is 716. The zero-order chi connectivity index (χ0) is 13.4. The van der Waals surface area contributed by atoms with Crippen LogP contribution in [-0.4, -0.2) is 36.9 Å². The molecule has 0 aliphatic rings. The lowest BCUT2D eigenvalue weighted by Gasteiger charge is -2.05. The van der Waals surface area contributed by atoms with Gasteiger partial charge < -0.3 is 14.8 Å². The Hall–Kier alpha value is -2.41. The van der Waals surface area contributed by atoms with Crippen LogP contribution >= 0.6 is 0 Å². The van der Waals surface area contributed by atoms with Crippen LogP contribution in [-0.2, 0) is 0 Å². The van der Waals surface area contributed by atoms with Crippen molar-refractivity contribution in [3.05, 3.63) is 30.6 Å². The van der Waals surface area contributed by atoms with Crippen LogP contribution in [0.15, 0.2) is 24.8 Å². The minimum atomic E-state index is -0.710. The highest BCUT2D eigenvalue weighted by molar-refractivity contribution is 5.90. The van der Waals surface area contributed by atoms with Gasteiger partial charge in [-0.15, -0.1) is 5.10 Å². The average Bonchev–Trinajstić information content (AvgIpc) is 3.06. The number of nitrogens with zero attached hydrogens (tertiary/aromatic N) is 4. The largest absolute Gasteiger partial charge is 0.494 e. The van der Waals surface area contributed by atoms with Crippen molar-refractivity contribution in [2.45, 2.75) is 13.0 Å². The maximum absolute atomic E-state index is 9.45. The van der Waals surface area contributed by atoms with Gasteiger partial charge in [-0.2, -0.15) is 0 Å². The van der Waals surface area contributed by atoms with E-state index >= 15 is 0 Å². The second kappa shape index (κ2) is 4.36. The average molecular weight is 259 g/mol. The zero-order valence-corrected chi connectivity index (χ0v) is 10.5. The molecule has 7 nitrogen and oxygen atoms in total. The second-order valence-corrected chi connectivity index (χ2v) is 4.14. The van der Waals surface area contributed by atoms with Gasteiger partial charge in [0.05, 0.1) is 18.8 Å². The molecule has 0 aromatic carbocycles. The summed E-state index contributed by atoms with van der Waals surface area (Å²) in [6.45, 7) is 1.62. The van der Waals surface area contributed by atoms with E-state index in [1.54, 1.807) is 20.2 Å². The molecule has 3 aromatic rings. The lowest BCUT2D eigenvalue weighted by molar-refractivity contribution is 0.189. The van der Waals surface area contributed by atoms with Crippen LogP contribution in [0.25, 0.3) is 16.7 Å². The van der Waals surface area contributed by atoms with Crippen LogP contribution in [0.2, 0.25) is 0 Å². The van der Waals surface area contributed by atoms with Crippen molar-refractivity contribution in [2.24, 2.45) is 0 Å². The van der Waals surface area contributed by atoms with Gasteiger partial charge in [-0.1, -0.05) is 0 Å². The molecule has 2 N–H and O–H groups in total. The number of ether oxygens (including phenoxy) is 1. The zero-order valence-electron chi connectivity index (χ0n) is 10.5. The molecule has 0 unspecified atom stereocenters. The molecular weight excluding hydrogens is 246 g/mol. The number of pyridine rings is 1. The number of H-pyrrole nitrogens is 1. The highest BCUT2D eigenvalue weighted by Gasteiger charge is 2.13. The maximum atomic E-state index is 9.45. The monoisotopic (exact) mass is 259 g/mol. The summed E-state index contributed by atoms with van der Waals surface area (Å²) >= 11 is 0. The van der Waals surface area contributed by atoms with Crippen LogP contribution in [0.1, 0.15) is 18.9 Å². The van der Waals surface area contributed by atoms with E-state index in [4.69, 9.17) is 4.74 Å². The third-order valence-electron chi connectivity index (χ3n) is 2.86. The maximum Gasteiger partial charge on any atom is 0.179 e. The van der Waals surface area contributed by atoms with E-state index in [2.05, 4.69) is 20.1 Å². The number of hydrogen-bond acceptors (Lipinski definition) is 5. The van der Waals surface area contributed by atoms with Gasteiger partial charge in [0.25, 0.3) is 0 Å². The molecule has 98 valence electrons. The van der Waals surface area contributed by atoms with Crippen molar-refractivity contribution in [2.75, 3.05) is 7.11 Å². The first-order chi connectivity index (χ1) is 9.20. The Morgan fingerprint density at radius 2 is 2.26 bits per heavy atom. The molecule has 0 aliphatic heterocycles. The molecule has 1 atom stereocenters. The first-order valence-electron chi connectivity index (χ1n) is 5.80. The minimum Gasteiger partial charge on any atom is -0.494 e. The number of nitrogens with one attached hydrogen (secondary N) is 1. The topological polar surface area (TPSA) is 88.8 Å². The lowest BCUT2D eigenvalue weighted by atomic mass is 10.3. The predicted molar refractivity (Wildman–Crippen MR) is 68.2 cm³/mol. The van der Waals surface area contributed by atoms with Crippen molar-refractivity contribution >= 4 is 10.9 Å². The number of hydrogen-bond donors (Lipinski definition) is 2. The fourth-order valence-corrected chi connectivity index (χ4v) is 1.92. The fourth-order valence-electron chi connectivity index (χ4n) is 1.92. The van der Waals surface area contributed by atoms with Crippen LogP contribution in [0.4, 0.5) is 0 Å². The van der Waals surface area contributed by atoms with Gasteiger partial charge in [-0.3, -0.25) is 0 Å². The molecule has 0 spiro atoms. The van der Waals surface area contributed by atoms with Gasteiger partial charge in [-0.25, -0.2) is 14.6 Å². The Labute approximate surface area is 108 Å². The summed E-state index contributed by atoms with van der Waals surface area (Å²) in [5, 5.41) is 14.6. The molecule has 3 aromatic heterocycles. The molecule has 0 saturated heterocycles. The Kier molecular flexibility index (Phi) is 2.68. The van der Waals surface area contributed by atoms with E-state index < -0.39 is 6.10 Å².